The van der Waals surface area contributed by atoms with Crippen molar-refractivity contribution in [3.8, 4) is 11.5 Å². The largest absolute Gasteiger partial charge is 0.507 e. The van der Waals surface area contributed by atoms with Crippen LogP contribution in [0, 0.1) is 13.8 Å². The Hall–Kier alpha value is -4.13. The van der Waals surface area contributed by atoms with Crippen LogP contribution >= 0.6 is 0 Å². The number of methoxy groups -OCH3 is 2. The lowest BCUT2D eigenvalue weighted by Gasteiger charge is -2.26. The van der Waals surface area contributed by atoms with Gasteiger partial charge in [-0.3, -0.25) is 19.5 Å². The Morgan fingerprint density at radius 3 is 2.24 bits per heavy atom. The van der Waals surface area contributed by atoms with Crippen molar-refractivity contribution in [1.29, 1.82) is 0 Å². The molecule has 0 spiro atoms. The first kappa shape index (κ1) is 22.1. The van der Waals surface area contributed by atoms with E-state index in [2.05, 4.69) is 4.98 Å². The molecule has 0 radical (unpaired) electrons. The average Bonchev–Trinajstić information content (AvgIpc) is 3.10. The molecule has 1 fully saturated rings. The molecule has 2 heterocycles. The van der Waals surface area contributed by atoms with Crippen molar-refractivity contribution in [2.75, 3.05) is 19.1 Å². The van der Waals surface area contributed by atoms with Crippen LogP contribution in [0.5, 0.6) is 11.5 Å². The zero-order valence-corrected chi connectivity index (χ0v) is 18.8. The van der Waals surface area contributed by atoms with Crippen LogP contribution in [-0.4, -0.2) is 36.0 Å². The molecule has 2 aromatic carbocycles. The number of Topliss-reactive ketones (excluding diaryl/α,β-unsaturated/α-hetero) is 1. The predicted molar refractivity (Wildman–Crippen MR) is 124 cm³/mol. The second kappa shape index (κ2) is 8.78. The standard InChI is InChI=1S/C26H24N2O5/c1-15-5-7-19(13-16(15)2)28-23(17-9-11-27-12-10-17)22(25(30)26(28)31)24(29)18-6-8-20(32-3)21(14-18)33-4/h5-14,23,29H,1-4H3/b24-22+. The first-order valence-electron chi connectivity index (χ1n) is 10.4. The van der Waals surface area contributed by atoms with Crippen molar-refractivity contribution in [3.05, 3.63) is 88.8 Å². The quantitative estimate of drug-likeness (QED) is 0.358. The summed E-state index contributed by atoms with van der Waals surface area (Å²) in [4.78, 5) is 31.9. The number of hydrogen-bond acceptors (Lipinski definition) is 6. The van der Waals surface area contributed by atoms with Crippen LogP contribution < -0.4 is 14.4 Å². The summed E-state index contributed by atoms with van der Waals surface area (Å²) in [6.07, 6.45) is 3.18. The van der Waals surface area contributed by atoms with E-state index in [9.17, 15) is 14.7 Å². The molecular formula is C26H24N2O5. The molecule has 1 aliphatic rings. The number of aliphatic hydroxyl groups is 1. The van der Waals surface area contributed by atoms with Gasteiger partial charge in [0.1, 0.15) is 5.76 Å². The van der Waals surface area contributed by atoms with E-state index in [4.69, 9.17) is 9.47 Å². The fraction of sp³-hybridized carbons (Fsp3) is 0.192. The van der Waals surface area contributed by atoms with E-state index in [0.29, 0.717) is 28.3 Å². The summed E-state index contributed by atoms with van der Waals surface area (Å²) in [5, 5.41) is 11.3. The van der Waals surface area contributed by atoms with Gasteiger partial charge in [-0.15, -0.1) is 0 Å². The van der Waals surface area contributed by atoms with Gasteiger partial charge in [0.05, 0.1) is 25.8 Å². The number of carbonyl (C=O) groups excluding carboxylic acids is 2. The normalized spacial score (nSPS) is 17.3. The molecular weight excluding hydrogens is 420 g/mol. The van der Waals surface area contributed by atoms with E-state index in [-0.39, 0.29) is 11.3 Å². The number of nitrogens with zero attached hydrogens (tertiary/aromatic N) is 2. The van der Waals surface area contributed by atoms with Crippen LogP contribution in [0.25, 0.3) is 5.76 Å². The number of aromatic nitrogens is 1. The van der Waals surface area contributed by atoms with Gasteiger partial charge in [-0.05, 0) is 73.0 Å². The number of aliphatic hydroxyl groups excluding tert-OH is 1. The average molecular weight is 444 g/mol. The topological polar surface area (TPSA) is 89.0 Å². The molecule has 7 heteroatoms. The number of amides is 1. The van der Waals surface area contributed by atoms with Gasteiger partial charge in [0, 0.05) is 23.6 Å². The summed E-state index contributed by atoms with van der Waals surface area (Å²) in [5.41, 5.74) is 3.63. The van der Waals surface area contributed by atoms with Crippen LogP contribution in [0.2, 0.25) is 0 Å². The van der Waals surface area contributed by atoms with Crippen molar-refractivity contribution < 1.29 is 24.2 Å². The van der Waals surface area contributed by atoms with Crippen molar-refractivity contribution in [1.82, 2.24) is 4.98 Å². The molecule has 1 atom stereocenters. The molecule has 0 aliphatic carbocycles. The number of aryl methyl sites for hydroxylation is 2. The molecule has 7 nitrogen and oxygen atoms in total. The highest BCUT2D eigenvalue weighted by Gasteiger charge is 2.47. The zero-order chi connectivity index (χ0) is 23.7. The summed E-state index contributed by atoms with van der Waals surface area (Å²) in [5.74, 6) is -0.882. The van der Waals surface area contributed by atoms with Crippen molar-refractivity contribution in [2.24, 2.45) is 0 Å². The van der Waals surface area contributed by atoms with Crippen LogP contribution in [0.3, 0.4) is 0 Å². The predicted octanol–water partition coefficient (Wildman–Crippen LogP) is 4.34. The molecule has 1 unspecified atom stereocenters. The second-order valence-corrected chi connectivity index (χ2v) is 7.79. The minimum atomic E-state index is -0.816. The Morgan fingerprint density at radius 1 is 0.909 bits per heavy atom. The van der Waals surface area contributed by atoms with Gasteiger partial charge in [-0.25, -0.2) is 0 Å². The second-order valence-electron chi connectivity index (χ2n) is 7.79. The van der Waals surface area contributed by atoms with Gasteiger partial charge in [0.2, 0.25) is 0 Å². The molecule has 168 valence electrons. The molecule has 33 heavy (non-hydrogen) atoms. The van der Waals surface area contributed by atoms with E-state index < -0.39 is 17.7 Å². The summed E-state index contributed by atoms with van der Waals surface area (Å²) in [6.45, 7) is 3.92. The Morgan fingerprint density at radius 2 is 1.61 bits per heavy atom. The van der Waals surface area contributed by atoms with Gasteiger partial charge in [-0.1, -0.05) is 6.07 Å². The number of ether oxygens (including phenoxy) is 2. The Labute approximate surface area is 191 Å². The Kier molecular flexibility index (Phi) is 5.87. The van der Waals surface area contributed by atoms with E-state index in [1.807, 2.05) is 26.0 Å². The summed E-state index contributed by atoms with van der Waals surface area (Å²) < 4.78 is 10.6. The maximum Gasteiger partial charge on any atom is 0.300 e. The van der Waals surface area contributed by atoms with Crippen LogP contribution in [0.15, 0.2) is 66.5 Å². The lowest BCUT2D eigenvalue weighted by Crippen LogP contribution is -2.29. The molecule has 1 amide bonds. The number of carbonyl (C=O) groups is 2. The lowest BCUT2D eigenvalue weighted by molar-refractivity contribution is -0.132. The summed E-state index contributed by atoms with van der Waals surface area (Å²) >= 11 is 0. The SMILES string of the molecule is COc1ccc(/C(O)=C2\C(=O)C(=O)N(c3ccc(C)c(C)c3)C2c2ccncc2)cc1OC. The van der Waals surface area contributed by atoms with E-state index in [1.165, 1.54) is 19.1 Å². The number of hydrogen-bond donors (Lipinski definition) is 1. The maximum absolute atomic E-state index is 13.2. The summed E-state index contributed by atoms with van der Waals surface area (Å²) in [6, 6.07) is 13.0. The van der Waals surface area contributed by atoms with E-state index in [1.54, 1.807) is 48.8 Å². The highest BCUT2D eigenvalue weighted by Crippen LogP contribution is 2.43. The van der Waals surface area contributed by atoms with Crippen LogP contribution in [0.1, 0.15) is 28.3 Å². The third-order valence-electron chi connectivity index (χ3n) is 5.89. The molecule has 1 aliphatic heterocycles. The highest BCUT2D eigenvalue weighted by molar-refractivity contribution is 6.51. The minimum absolute atomic E-state index is 0.00310. The Balaban J connectivity index is 1.94. The van der Waals surface area contributed by atoms with Gasteiger partial charge in [-0.2, -0.15) is 0 Å². The van der Waals surface area contributed by atoms with Crippen molar-refractivity contribution >= 4 is 23.1 Å². The molecule has 0 saturated carbocycles. The van der Waals surface area contributed by atoms with E-state index in [0.717, 1.165) is 11.1 Å². The first-order valence-corrected chi connectivity index (χ1v) is 10.4. The summed E-state index contributed by atoms with van der Waals surface area (Å²) in [7, 11) is 2.99. The number of benzene rings is 2. The maximum atomic E-state index is 13.2. The van der Waals surface area contributed by atoms with Crippen molar-refractivity contribution in [3.63, 3.8) is 0 Å². The molecule has 3 aromatic rings. The monoisotopic (exact) mass is 444 g/mol. The zero-order valence-electron chi connectivity index (χ0n) is 18.8. The van der Waals surface area contributed by atoms with E-state index >= 15 is 0 Å². The number of ketones is 1. The molecule has 1 aromatic heterocycles. The molecule has 1 saturated heterocycles. The Bertz CT molecular complexity index is 1270. The minimum Gasteiger partial charge on any atom is -0.507 e. The van der Waals surface area contributed by atoms with Gasteiger partial charge < -0.3 is 14.6 Å². The number of rotatable bonds is 5. The molecule has 1 N–H and O–H groups in total. The smallest absolute Gasteiger partial charge is 0.300 e. The van der Waals surface area contributed by atoms with Crippen molar-refractivity contribution in [2.45, 2.75) is 19.9 Å². The van der Waals surface area contributed by atoms with Gasteiger partial charge >= 0.3 is 0 Å². The number of anilines is 1. The van der Waals surface area contributed by atoms with Gasteiger partial charge in [0.25, 0.3) is 11.7 Å². The van der Waals surface area contributed by atoms with Gasteiger partial charge in [0.15, 0.2) is 11.5 Å². The molecule has 0 bridgehead atoms. The molecule has 4 rings (SSSR count). The highest BCUT2D eigenvalue weighted by atomic mass is 16.5. The van der Waals surface area contributed by atoms with Crippen LogP contribution in [-0.2, 0) is 9.59 Å². The fourth-order valence-corrected chi connectivity index (χ4v) is 3.97. The number of pyridine rings is 1. The third kappa shape index (κ3) is 3.82. The first-order chi connectivity index (χ1) is 15.9. The fourth-order valence-electron chi connectivity index (χ4n) is 3.97. The lowest BCUT2D eigenvalue weighted by atomic mass is 9.95. The third-order valence-corrected chi connectivity index (χ3v) is 5.89. The van der Waals surface area contributed by atoms with Crippen LogP contribution in [0.4, 0.5) is 5.69 Å².